The van der Waals surface area contributed by atoms with Crippen molar-refractivity contribution in [3.05, 3.63) is 117 Å². The highest BCUT2D eigenvalue weighted by molar-refractivity contribution is 6.84. The lowest BCUT2D eigenvalue weighted by molar-refractivity contribution is -0.384. The molecular formula is C26H28N2O2Si. The Kier molecular flexibility index (Phi) is 6.69. The zero-order chi connectivity index (χ0) is 22.5. The highest BCUT2D eigenvalue weighted by Gasteiger charge is 2.28. The molecule has 3 aromatic rings. The smallest absolute Gasteiger partial charge is 0.258 e. The summed E-state index contributed by atoms with van der Waals surface area (Å²) in [6.07, 6.45) is 0.691. The van der Waals surface area contributed by atoms with Crippen LogP contribution in [0.5, 0.6) is 0 Å². The first kappa shape index (κ1) is 22.4. The fraction of sp³-hybridized carbons (Fsp3) is 0.231. The molecule has 0 fully saturated rings. The van der Waals surface area contributed by atoms with Gasteiger partial charge in [0, 0.05) is 12.1 Å². The number of hydrogen-bond donors (Lipinski definition) is 0. The molecule has 0 aliphatic carbocycles. The van der Waals surface area contributed by atoms with Crippen LogP contribution in [0.4, 0.5) is 5.69 Å². The molecule has 4 nitrogen and oxygen atoms in total. The van der Waals surface area contributed by atoms with Crippen LogP contribution >= 0.6 is 0 Å². The summed E-state index contributed by atoms with van der Waals surface area (Å²) in [4.78, 5) is 15.6. The fourth-order valence-electron chi connectivity index (χ4n) is 3.41. The van der Waals surface area contributed by atoms with Crippen molar-refractivity contribution in [1.82, 2.24) is 0 Å². The molecule has 3 rings (SSSR count). The van der Waals surface area contributed by atoms with Crippen LogP contribution in [0, 0.1) is 10.1 Å². The Balaban J connectivity index is 2.08. The quantitative estimate of drug-likeness (QED) is 0.185. The summed E-state index contributed by atoms with van der Waals surface area (Å²) < 4.78 is 0. The number of nitro benzene ring substituents is 1. The third-order valence-corrected chi connectivity index (χ3v) is 7.62. The Morgan fingerprint density at radius 2 is 1.39 bits per heavy atom. The molecule has 31 heavy (non-hydrogen) atoms. The van der Waals surface area contributed by atoms with E-state index in [1.165, 1.54) is 5.20 Å². The van der Waals surface area contributed by atoms with Gasteiger partial charge in [-0.2, -0.15) is 0 Å². The first-order chi connectivity index (χ1) is 14.7. The highest BCUT2D eigenvalue weighted by atomic mass is 28.3. The van der Waals surface area contributed by atoms with E-state index >= 15 is 0 Å². The van der Waals surface area contributed by atoms with Crippen LogP contribution in [-0.2, 0) is 12.0 Å². The minimum Gasteiger partial charge on any atom is -0.258 e. The van der Waals surface area contributed by atoms with Crippen molar-refractivity contribution in [3.8, 4) is 0 Å². The summed E-state index contributed by atoms with van der Waals surface area (Å²) in [5, 5.41) is 12.1. The van der Waals surface area contributed by atoms with Gasteiger partial charge in [0.15, 0.2) is 0 Å². The van der Waals surface area contributed by atoms with Gasteiger partial charge in [0.2, 0.25) is 0 Å². The van der Waals surface area contributed by atoms with Crippen LogP contribution in [0.2, 0.25) is 19.6 Å². The van der Waals surface area contributed by atoms with E-state index in [9.17, 15) is 10.1 Å². The van der Waals surface area contributed by atoms with E-state index in [4.69, 9.17) is 4.99 Å². The predicted octanol–water partition coefficient (Wildman–Crippen LogP) is 6.57. The number of aliphatic imine (C=N–C) groups is 1. The maximum absolute atomic E-state index is 11.0. The number of hydrogen-bond acceptors (Lipinski definition) is 3. The third kappa shape index (κ3) is 5.46. The van der Waals surface area contributed by atoms with Gasteiger partial charge in [-0.15, -0.1) is 0 Å². The summed E-state index contributed by atoms with van der Waals surface area (Å²) >= 11 is 0. The van der Waals surface area contributed by atoms with Crippen LogP contribution < -0.4 is 0 Å². The molecule has 0 aliphatic heterocycles. The highest BCUT2D eigenvalue weighted by Crippen LogP contribution is 2.33. The first-order valence-corrected chi connectivity index (χ1v) is 13.9. The fourth-order valence-corrected chi connectivity index (χ4v) is 4.54. The van der Waals surface area contributed by atoms with Crippen molar-refractivity contribution in [2.75, 3.05) is 0 Å². The molecule has 0 unspecified atom stereocenters. The monoisotopic (exact) mass is 428 g/mol. The molecule has 0 atom stereocenters. The number of non-ortho nitro benzene ring substituents is 1. The molecule has 0 N–H and O–H groups in total. The van der Waals surface area contributed by atoms with E-state index in [1.54, 1.807) is 12.1 Å². The Morgan fingerprint density at radius 1 is 0.903 bits per heavy atom. The van der Waals surface area contributed by atoms with Crippen molar-refractivity contribution >= 4 is 19.6 Å². The molecule has 158 valence electrons. The molecule has 3 aromatic carbocycles. The van der Waals surface area contributed by atoms with Crippen molar-refractivity contribution in [1.29, 1.82) is 0 Å². The van der Waals surface area contributed by atoms with Gasteiger partial charge in [-0.05, 0) is 41.1 Å². The lowest BCUT2D eigenvalue weighted by Crippen LogP contribution is -2.27. The van der Waals surface area contributed by atoms with Gasteiger partial charge in [0.25, 0.3) is 5.69 Å². The number of nitro groups is 1. The van der Waals surface area contributed by atoms with Crippen molar-refractivity contribution in [2.24, 2.45) is 4.99 Å². The van der Waals surface area contributed by atoms with E-state index in [-0.39, 0.29) is 10.6 Å². The topological polar surface area (TPSA) is 55.5 Å². The molecule has 0 saturated carbocycles. The second-order valence-corrected chi connectivity index (χ2v) is 14.0. The molecule has 0 radical (unpaired) electrons. The van der Waals surface area contributed by atoms with E-state index < -0.39 is 13.6 Å². The van der Waals surface area contributed by atoms with E-state index in [2.05, 4.69) is 56.7 Å². The summed E-state index contributed by atoms with van der Waals surface area (Å²) in [5.41, 5.74) is 2.81. The standard InChI is InChI=1S/C26H28N2O2Si/c1-26(22-11-7-5-8-12-22,23-13-9-6-10-14-23)27-20-25(31(2,3)4)19-21-15-17-24(18-16-21)28(29)30/h5-18H,19H2,1-4H3. The summed E-state index contributed by atoms with van der Waals surface area (Å²) in [6, 6.07) is 27.3. The summed E-state index contributed by atoms with van der Waals surface area (Å²) in [7, 11) is -1.73. The Morgan fingerprint density at radius 3 is 1.81 bits per heavy atom. The Labute approximate surface area is 185 Å². The minimum atomic E-state index is -1.73. The summed E-state index contributed by atoms with van der Waals surface area (Å²) in [6.45, 7) is 8.95. The predicted molar refractivity (Wildman–Crippen MR) is 130 cm³/mol. The molecule has 0 aromatic heterocycles. The van der Waals surface area contributed by atoms with E-state index in [0.717, 1.165) is 16.7 Å². The van der Waals surface area contributed by atoms with Gasteiger partial charge >= 0.3 is 0 Å². The van der Waals surface area contributed by atoms with Gasteiger partial charge in [-0.25, -0.2) is 4.99 Å². The van der Waals surface area contributed by atoms with Gasteiger partial charge in [0.1, 0.15) is 5.54 Å². The van der Waals surface area contributed by atoms with Gasteiger partial charge in [-0.1, -0.05) is 92.4 Å². The van der Waals surface area contributed by atoms with Crippen LogP contribution in [0.3, 0.4) is 0 Å². The average molecular weight is 429 g/mol. The maximum Gasteiger partial charge on any atom is 0.269 e. The molecule has 0 saturated heterocycles. The first-order valence-electron chi connectivity index (χ1n) is 10.4. The van der Waals surface area contributed by atoms with Crippen LogP contribution in [0.25, 0.3) is 0 Å². The van der Waals surface area contributed by atoms with Crippen molar-refractivity contribution in [2.45, 2.75) is 38.5 Å². The summed E-state index contributed by atoms with van der Waals surface area (Å²) in [5.74, 6) is 3.45. The van der Waals surface area contributed by atoms with E-state index in [0.29, 0.717) is 6.42 Å². The van der Waals surface area contributed by atoms with Crippen molar-refractivity contribution < 1.29 is 4.92 Å². The molecule has 5 heteroatoms. The minimum absolute atomic E-state index is 0.108. The molecule has 0 amide bonds. The third-order valence-electron chi connectivity index (χ3n) is 5.52. The van der Waals surface area contributed by atoms with Gasteiger partial charge in [-0.3, -0.25) is 10.1 Å². The average Bonchev–Trinajstić information content (AvgIpc) is 2.77. The number of allylic oxidation sites excluding steroid dienone is 1. The van der Waals surface area contributed by atoms with Crippen molar-refractivity contribution in [3.63, 3.8) is 0 Å². The lowest BCUT2D eigenvalue weighted by Gasteiger charge is -2.26. The lowest BCUT2D eigenvalue weighted by atomic mass is 9.85. The molecule has 0 aliphatic rings. The van der Waals surface area contributed by atoms with Gasteiger partial charge in [0.05, 0.1) is 13.0 Å². The number of nitrogens with zero attached hydrogens (tertiary/aromatic N) is 2. The number of benzene rings is 3. The van der Waals surface area contributed by atoms with Crippen LogP contribution in [0.15, 0.2) is 95.1 Å². The SMILES string of the molecule is CC(N=C=C(Cc1ccc([N+](=O)[O-])cc1)[Si](C)(C)C)(c1ccccc1)c1ccccc1. The Hall–Kier alpha value is -3.27. The number of rotatable bonds is 7. The van der Waals surface area contributed by atoms with E-state index in [1.807, 2.05) is 48.5 Å². The zero-order valence-electron chi connectivity index (χ0n) is 18.5. The molecular weight excluding hydrogens is 400 g/mol. The maximum atomic E-state index is 11.0. The van der Waals surface area contributed by atoms with Crippen LogP contribution in [0.1, 0.15) is 23.6 Å². The van der Waals surface area contributed by atoms with Crippen LogP contribution in [-0.4, -0.2) is 18.9 Å². The normalized spacial score (nSPS) is 11.5. The second kappa shape index (κ2) is 9.25. The Bertz CT molecular complexity index is 1060. The molecule has 0 spiro atoms. The molecule has 0 heterocycles. The molecule has 0 bridgehead atoms. The second-order valence-electron chi connectivity index (χ2n) is 8.86. The largest absolute Gasteiger partial charge is 0.269 e. The van der Waals surface area contributed by atoms with Gasteiger partial charge < -0.3 is 0 Å². The zero-order valence-corrected chi connectivity index (χ0v) is 19.5.